The highest BCUT2D eigenvalue weighted by Gasteiger charge is 2.13. The van der Waals surface area contributed by atoms with E-state index in [-0.39, 0.29) is 5.91 Å². The number of aromatic nitrogens is 3. The molecule has 2 aromatic rings. The number of carbonyl (C=O) groups excluding carboxylic acids is 1. The van der Waals surface area contributed by atoms with E-state index in [0.29, 0.717) is 34.9 Å². The molecule has 6 heteroatoms. The van der Waals surface area contributed by atoms with E-state index in [1.165, 1.54) is 6.20 Å². The van der Waals surface area contributed by atoms with E-state index in [9.17, 15) is 4.79 Å². The highest BCUT2D eigenvalue weighted by atomic mass is 16.1. The summed E-state index contributed by atoms with van der Waals surface area (Å²) in [6.07, 6.45) is 2.14. The first-order chi connectivity index (χ1) is 9.10. The molecule has 1 amide bonds. The fraction of sp³-hybridized carbons (Fsp3) is 0.231. The summed E-state index contributed by atoms with van der Waals surface area (Å²) in [5, 5.41) is 10.7. The van der Waals surface area contributed by atoms with Gasteiger partial charge in [0.1, 0.15) is 5.82 Å². The second-order valence-electron chi connectivity index (χ2n) is 4.13. The molecular formula is C13H15N5O. The van der Waals surface area contributed by atoms with Gasteiger partial charge in [0.2, 0.25) is 0 Å². The van der Waals surface area contributed by atoms with Gasteiger partial charge in [0.15, 0.2) is 0 Å². The van der Waals surface area contributed by atoms with E-state index in [2.05, 4.69) is 20.5 Å². The number of rotatable bonds is 3. The fourth-order valence-corrected chi connectivity index (χ4v) is 1.63. The first-order valence-corrected chi connectivity index (χ1v) is 5.96. The lowest BCUT2D eigenvalue weighted by Crippen LogP contribution is -2.16. The molecule has 6 nitrogen and oxygen atoms in total. The Morgan fingerprint density at radius 1 is 1.37 bits per heavy atom. The smallest absolute Gasteiger partial charge is 0.258 e. The number of carbonyl (C=O) groups is 1. The van der Waals surface area contributed by atoms with Gasteiger partial charge in [-0.05, 0) is 31.5 Å². The van der Waals surface area contributed by atoms with E-state index in [4.69, 9.17) is 5.73 Å². The lowest BCUT2D eigenvalue weighted by atomic mass is 10.1. The summed E-state index contributed by atoms with van der Waals surface area (Å²) in [5.41, 5.74) is 7.98. The van der Waals surface area contributed by atoms with Crippen molar-refractivity contribution in [2.75, 3.05) is 11.1 Å². The quantitative estimate of drug-likeness (QED) is 0.870. The molecule has 0 aliphatic carbocycles. The first kappa shape index (κ1) is 12.9. The van der Waals surface area contributed by atoms with E-state index < -0.39 is 0 Å². The van der Waals surface area contributed by atoms with Crippen LogP contribution < -0.4 is 11.1 Å². The predicted molar refractivity (Wildman–Crippen MR) is 72.7 cm³/mol. The molecule has 0 fully saturated rings. The van der Waals surface area contributed by atoms with Crippen LogP contribution in [0.3, 0.4) is 0 Å². The molecule has 0 saturated carbocycles. The van der Waals surface area contributed by atoms with E-state index in [0.717, 1.165) is 0 Å². The van der Waals surface area contributed by atoms with Gasteiger partial charge in [0.25, 0.3) is 5.91 Å². The Kier molecular flexibility index (Phi) is 3.70. The molecule has 0 saturated heterocycles. The van der Waals surface area contributed by atoms with Crippen LogP contribution in [0.2, 0.25) is 0 Å². The zero-order chi connectivity index (χ0) is 13.8. The first-order valence-electron chi connectivity index (χ1n) is 5.96. The van der Waals surface area contributed by atoms with Gasteiger partial charge in [-0.25, -0.2) is 4.98 Å². The molecule has 0 aliphatic rings. The number of nitrogens with one attached hydrogen (secondary N) is 1. The number of hydrogen-bond acceptors (Lipinski definition) is 5. The van der Waals surface area contributed by atoms with Crippen LogP contribution in [-0.4, -0.2) is 21.1 Å². The molecule has 2 heterocycles. The third kappa shape index (κ3) is 3.04. The van der Waals surface area contributed by atoms with Gasteiger partial charge in [-0.2, -0.15) is 10.2 Å². The number of nitrogens with zero attached hydrogens (tertiary/aromatic N) is 3. The normalized spacial score (nSPS) is 10.2. The van der Waals surface area contributed by atoms with Crippen LogP contribution >= 0.6 is 0 Å². The van der Waals surface area contributed by atoms with Crippen molar-refractivity contribution in [3.05, 3.63) is 41.3 Å². The monoisotopic (exact) mass is 257 g/mol. The molecule has 0 aromatic carbocycles. The maximum Gasteiger partial charge on any atom is 0.258 e. The van der Waals surface area contributed by atoms with Crippen molar-refractivity contribution < 1.29 is 4.79 Å². The third-order valence-corrected chi connectivity index (χ3v) is 2.60. The second kappa shape index (κ2) is 5.43. The lowest BCUT2D eigenvalue weighted by Gasteiger charge is -2.08. The maximum atomic E-state index is 12.2. The summed E-state index contributed by atoms with van der Waals surface area (Å²) in [6.45, 7) is 3.72. The highest BCUT2D eigenvalue weighted by Crippen LogP contribution is 2.11. The number of anilines is 2. The van der Waals surface area contributed by atoms with E-state index in [1.54, 1.807) is 25.1 Å². The van der Waals surface area contributed by atoms with Crippen molar-refractivity contribution in [1.29, 1.82) is 0 Å². The summed E-state index contributed by atoms with van der Waals surface area (Å²) >= 11 is 0. The summed E-state index contributed by atoms with van der Waals surface area (Å²) in [4.78, 5) is 16.2. The van der Waals surface area contributed by atoms with Gasteiger partial charge in [-0.3, -0.25) is 4.79 Å². The molecule has 0 atom stereocenters. The molecule has 2 aromatic heterocycles. The minimum Gasteiger partial charge on any atom is -0.397 e. The molecule has 98 valence electrons. The van der Waals surface area contributed by atoms with Crippen LogP contribution in [-0.2, 0) is 6.42 Å². The summed E-state index contributed by atoms with van der Waals surface area (Å²) < 4.78 is 0. The summed E-state index contributed by atoms with van der Waals surface area (Å²) in [7, 11) is 0. The van der Waals surface area contributed by atoms with Gasteiger partial charge >= 0.3 is 0 Å². The molecule has 19 heavy (non-hydrogen) atoms. The average Bonchev–Trinajstić information content (AvgIpc) is 2.41. The highest BCUT2D eigenvalue weighted by molar-refractivity contribution is 6.04. The zero-order valence-electron chi connectivity index (χ0n) is 10.8. The third-order valence-electron chi connectivity index (χ3n) is 2.60. The van der Waals surface area contributed by atoms with Crippen LogP contribution in [0, 0.1) is 6.92 Å². The topological polar surface area (TPSA) is 93.8 Å². The Balaban J connectivity index is 2.24. The molecule has 0 bridgehead atoms. The van der Waals surface area contributed by atoms with Crippen molar-refractivity contribution >= 4 is 17.4 Å². The Bertz CT molecular complexity index is 594. The van der Waals surface area contributed by atoms with Crippen LogP contribution in [0.25, 0.3) is 0 Å². The molecule has 0 unspecified atom stereocenters. The van der Waals surface area contributed by atoms with Crippen LogP contribution in [0.4, 0.5) is 11.5 Å². The lowest BCUT2D eigenvalue weighted by molar-refractivity contribution is 0.102. The number of pyridine rings is 1. The van der Waals surface area contributed by atoms with Crippen molar-refractivity contribution in [3.63, 3.8) is 0 Å². The second-order valence-corrected chi connectivity index (χ2v) is 4.13. The van der Waals surface area contributed by atoms with Crippen LogP contribution in [0.5, 0.6) is 0 Å². The Hall–Kier alpha value is -2.50. The van der Waals surface area contributed by atoms with Crippen LogP contribution in [0.1, 0.15) is 28.7 Å². The van der Waals surface area contributed by atoms with Gasteiger partial charge in [0.05, 0.1) is 28.8 Å². The molecule has 0 spiro atoms. The van der Waals surface area contributed by atoms with E-state index in [1.807, 2.05) is 6.92 Å². The van der Waals surface area contributed by atoms with Gasteiger partial charge in [-0.1, -0.05) is 6.92 Å². The van der Waals surface area contributed by atoms with Gasteiger partial charge < -0.3 is 11.1 Å². The molecule has 2 rings (SSSR count). The number of aryl methyl sites for hydroxylation is 2. The van der Waals surface area contributed by atoms with Crippen molar-refractivity contribution in [2.24, 2.45) is 0 Å². The fourth-order valence-electron chi connectivity index (χ4n) is 1.63. The average molecular weight is 257 g/mol. The Labute approximate surface area is 111 Å². The van der Waals surface area contributed by atoms with Crippen molar-refractivity contribution in [2.45, 2.75) is 20.3 Å². The van der Waals surface area contributed by atoms with Crippen LogP contribution in [0.15, 0.2) is 24.4 Å². The minimum absolute atomic E-state index is 0.243. The summed E-state index contributed by atoms with van der Waals surface area (Å²) in [6, 6.07) is 5.05. The molecule has 0 aliphatic heterocycles. The minimum atomic E-state index is -0.243. The SMILES string of the molecule is CCc1nnc(C)cc1C(=O)Nc1ccc(N)cn1. The standard InChI is InChI=1S/C13H15N5O/c1-3-11-10(6-8(2)17-18-11)13(19)16-12-5-4-9(14)7-15-12/h4-7H,3,14H2,1-2H3,(H,15,16,19). The van der Waals surface area contributed by atoms with Gasteiger partial charge in [0, 0.05) is 0 Å². The van der Waals surface area contributed by atoms with E-state index >= 15 is 0 Å². The number of nitrogens with two attached hydrogens (primary N) is 1. The predicted octanol–water partition coefficient (Wildman–Crippen LogP) is 1.58. The largest absolute Gasteiger partial charge is 0.397 e. The maximum absolute atomic E-state index is 12.2. The Morgan fingerprint density at radius 3 is 2.79 bits per heavy atom. The van der Waals surface area contributed by atoms with Gasteiger partial charge in [-0.15, -0.1) is 0 Å². The number of hydrogen-bond donors (Lipinski definition) is 2. The number of nitrogen functional groups attached to an aromatic ring is 1. The van der Waals surface area contributed by atoms with Crippen molar-refractivity contribution in [1.82, 2.24) is 15.2 Å². The molecule has 0 radical (unpaired) electrons. The van der Waals surface area contributed by atoms with Crippen molar-refractivity contribution in [3.8, 4) is 0 Å². The molecule has 3 N–H and O–H groups in total. The zero-order valence-corrected chi connectivity index (χ0v) is 10.8. The summed E-state index contributed by atoms with van der Waals surface area (Å²) in [5.74, 6) is 0.211. The Morgan fingerprint density at radius 2 is 2.16 bits per heavy atom. The molecular weight excluding hydrogens is 242 g/mol. The number of amides is 1.